The summed E-state index contributed by atoms with van der Waals surface area (Å²) in [5, 5.41) is 3.89. The van der Waals surface area contributed by atoms with Gasteiger partial charge < -0.3 is 15.8 Å². The zero-order valence-corrected chi connectivity index (χ0v) is 18.3. The lowest BCUT2D eigenvalue weighted by Crippen LogP contribution is -2.54. The van der Waals surface area contributed by atoms with Crippen molar-refractivity contribution in [2.45, 2.75) is 63.8 Å². The Hall–Kier alpha value is -1.39. The Morgan fingerprint density at radius 2 is 1.97 bits per heavy atom. The van der Waals surface area contributed by atoms with E-state index < -0.39 is 6.04 Å². The molecule has 3 N–H and O–H groups in total. The van der Waals surface area contributed by atoms with E-state index in [9.17, 15) is 9.59 Å². The highest BCUT2D eigenvalue weighted by Gasteiger charge is 2.49. The maximum absolute atomic E-state index is 13.0. The molecular formula is C24H33ClN2O2. The fourth-order valence-corrected chi connectivity index (χ4v) is 6.50. The number of hydrogen-bond donors (Lipinski definition) is 2. The van der Waals surface area contributed by atoms with Crippen molar-refractivity contribution < 1.29 is 9.59 Å². The quantitative estimate of drug-likeness (QED) is 0.686. The Morgan fingerprint density at radius 3 is 2.59 bits per heavy atom. The van der Waals surface area contributed by atoms with Crippen LogP contribution < -0.4 is 11.1 Å². The third-order valence-electron chi connectivity index (χ3n) is 7.94. The van der Waals surface area contributed by atoms with E-state index in [1.54, 1.807) is 0 Å². The second-order valence-corrected chi connectivity index (χ2v) is 10.8. The second-order valence-electron chi connectivity index (χ2n) is 10.4. The summed E-state index contributed by atoms with van der Waals surface area (Å²) >= 11 is 6.02. The Balaban J connectivity index is 1.41. The molecule has 0 aromatic heterocycles. The Kier molecular flexibility index (Phi) is 5.54. The molecule has 1 aromatic rings. The van der Waals surface area contributed by atoms with Gasteiger partial charge in [-0.25, -0.2) is 0 Å². The molecule has 0 spiro atoms. The van der Waals surface area contributed by atoms with Crippen LogP contribution in [0.2, 0.25) is 5.02 Å². The van der Waals surface area contributed by atoms with Crippen molar-refractivity contribution in [2.24, 2.45) is 34.8 Å². The Bertz CT molecular complexity index is 774. The van der Waals surface area contributed by atoms with Crippen LogP contribution in [0.3, 0.4) is 0 Å². The van der Waals surface area contributed by atoms with E-state index in [1.165, 1.54) is 5.56 Å². The first-order chi connectivity index (χ1) is 13.8. The molecule has 0 heterocycles. The summed E-state index contributed by atoms with van der Waals surface area (Å²) in [4.78, 5) is 24.7. The van der Waals surface area contributed by atoms with Crippen LogP contribution in [-0.4, -0.2) is 24.8 Å². The van der Waals surface area contributed by atoms with E-state index in [-0.39, 0.29) is 22.7 Å². The lowest BCUT2D eigenvalue weighted by molar-refractivity contribution is -0.128. The molecule has 0 saturated heterocycles. The zero-order valence-electron chi connectivity index (χ0n) is 17.5. The molecule has 2 bridgehead atoms. The number of carbonyl (C=O) groups is 2. The molecule has 3 saturated carbocycles. The summed E-state index contributed by atoms with van der Waals surface area (Å²) in [5.74, 6) is 1.47. The average molecular weight is 417 g/mol. The smallest absolute Gasteiger partial charge is 0.237 e. The molecular weight excluding hydrogens is 384 g/mol. The second kappa shape index (κ2) is 7.70. The minimum absolute atomic E-state index is 0.0319. The van der Waals surface area contributed by atoms with Gasteiger partial charge in [0.15, 0.2) is 0 Å². The number of aldehydes is 1. The number of fused-ring (bicyclic) bond motifs is 2. The molecule has 1 aromatic carbocycles. The monoisotopic (exact) mass is 416 g/mol. The molecule has 0 radical (unpaired) electrons. The van der Waals surface area contributed by atoms with Crippen molar-refractivity contribution >= 4 is 23.8 Å². The number of nitrogens with two attached hydrogens (primary N) is 1. The van der Waals surface area contributed by atoms with E-state index in [1.807, 2.05) is 12.1 Å². The fourth-order valence-electron chi connectivity index (χ4n) is 6.37. The summed E-state index contributed by atoms with van der Waals surface area (Å²) in [7, 11) is 0. The van der Waals surface area contributed by atoms with Crippen LogP contribution in [-0.2, 0) is 15.0 Å². The van der Waals surface area contributed by atoms with Crippen molar-refractivity contribution in [1.29, 1.82) is 0 Å². The Labute approximate surface area is 178 Å². The standard InChI is InChI=1S/C24H33ClN2O2/c1-15-9-16-10-17(12-23(2,11-16)14-28)20(15)21(26)22(29)27-13-24(7-8-24)18-3-5-19(25)6-4-18/h3-6,14-17,20-21H,7-13,26H2,1-2H3,(H,27,29). The largest absolute Gasteiger partial charge is 0.354 e. The van der Waals surface area contributed by atoms with Gasteiger partial charge in [-0.15, -0.1) is 0 Å². The van der Waals surface area contributed by atoms with Crippen molar-refractivity contribution in [2.75, 3.05) is 6.54 Å². The minimum Gasteiger partial charge on any atom is -0.354 e. The van der Waals surface area contributed by atoms with Crippen LogP contribution in [0.1, 0.15) is 57.9 Å². The molecule has 6 atom stereocenters. The van der Waals surface area contributed by atoms with Crippen molar-refractivity contribution in [3.63, 3.8) is 0 Å². The van der Waals surface area contributed by atoms with E-state index in [0.29, 0.717) is 24.3 Å². The molecule has 4 rings (SSSR count). The average Bonchev–Trinajstić information content (AvgIpc) is 3.47. The molecule has 3 aliphatic rings. The topological polar surface area (TPSA) is 72.2 Å². The highest BCUT2D eigenvalue weighted by atomic mass is 35.5. The van der Waals surface area contributed by atoms with Crippen LogP contribution in [0.5, 0.6) is 0 Å². The molecule has 5 heteroatoms. The summed E-state index contributed by atoms with van der Waals surface area (Å²) in [6.07, 6.45) is 7.30. The van der Waals surface area contributed by atoms with E-state index in [0.717, 1.165) is 49.8 Å². The van der Waals surface area contributed by atoms with Crippen LogP contribution >= 0.6 is 11.6 Å². The van der Waals surface area contributed by atoms with Crippen LogP contribution in [0.25, 0.3) is 0 Å². The first kappa shape index (κ1) is 20.9. The molecule has 3 aliphatic carbocycles. The van der Waals surface area contributed by atoms with Gasteiger partial charge in [-0.2, -0.15) is 0 Å². The first-order valence-electron chi connectivity index (χ1n) is 11.0. The maximum Gasteiger partial charge on any atom is 0.237 e. The molecule has 29 heavy (non-hydrogen) atoms. The Morgan fingerprint density at radius 1 is 1.28 bits per heavy atom. The number of halogens is 1. The third-order valence-corrected chi connectivity index (χ3v) is 8.19. The van der Waals surface area contributed by atoms with Gasteiger partial charge in [0.25, 0.3) is 0 Å². The van der Waals surface area contributed by atoms with Gasteiger partial charge in [0, 0.05) is 22.4 Å². The molecule has 3 fully saturated rings. The number of hydrogen-bond acceptors (Lipinski definition) is 3. The van der Waals surface area contributed by atoms with Gasteiger partial charge in [0.1, 0.15) is 6.29 Å². The molecule has 4 nitrogen and oxygen atoms in total. The van der Waals surface area contributed by atoms with Gasteiger partial charge in [0.2, 0.25) is 5.91 Å². The summed E-state index contributed by atoms with van der Waals surface area (Å²) < 4.78 is 0. The minimum atomic E-state index is -0.508. The third kappa shape index (κ3) is 4.11. The van der Waals surface area contributed by atoms with E-state index in [4.69, 9.17) is 17.3 Å². The predicted octanol–water partition coefficient (Wildman–Crippen LogP) is 4.09. The first-order valence-corrected chi connectivity index (χ1v) is 11.4. The summed E-state index contributed by atoms with van der Waals surface area (Å²) in [6, 6.07) is 7.45. The molecule has 1 amide bonds. The van der Waals surface area contributed by atoms with E-state index >= 15 is 0 Å². The number of nitrogens with one attached hydrogen (secondary N) is 1. The maximum atomic E-state index is 13.0. The SMILES string of the molecule is CC1CC2CC(CC(C)(C=O)C2)C1C(N)C(=O)NCC1(c2ccc(Cl)cc2)CC1. The fraction of sp³-hybridized carbons (Fsp3) is 0.667. The lowest BCUT2D eigenvalue weighted by atomic mass is 9.55. The molecule has 6 unspecified atom stereocenters. The number of carbonyl (C=O) groups excluding carboxylic acids is 2. The van der Waals surface area contributed by atoms with Crippen molar-refractivity contribution in [3.8, 4) is 0 Å². The van der Waals surface area contributed by atoms with E-state index in [2.05, 4.69) is 31.3 Å². The van der Waals surface area contributed by atoms with Gasteiger partial charge in [-0.3, -0.25) is 4.79 Å². The highest BCUT2D eigenvalue weighted by molar-refractivity contribution is 6.30. The van der Waals surface area contributed by atoms with Gasteiger partial charge in [-0.05, 0) is 79.9 Å². The summed E-state index contributed by atoms with van der Waals surface area (Å²) in [6.45, 7) is 4.93. The zero-order chi connectivity index (χ0) is 20.8. The van der Waals surface area contributed by atoms with Gasteiger partial charge in [-0.1, -0.05) is 37.6 Å². The molecule has 0 aliphatic heterocycles. The number of benzene rings is 1. The highest BCUT2D eigenvalue weighted by Crippen LogP contribution is 2.52. The van der Waals surface area contributed by atoms with Crippen LogP contribution in [0, 0.1) is 29.1 Å². The van der Waals surface area contributed by atoms with Crippen LogP contribution in [0.15, 0.2) is 24.3 Å². The summed E-state index contributed by atoms with van der Waals surface area (Å²) in [5.41, 5.74) is 7.55. The normalized spacial score (nSPS) is 36.1. The number of amides is 1. The van der Waals surface area contributed by atoms with Crippen molar-refractivity contribution in [1.82, 2.24) is 5.32 Å². The predicted molar refractivity (Wildman–Crippen MR) is 116 cm³/mol. The number of rotatable bonds is 6. The van der Waals surface area contributed by atoms with Gasteiger partial charge in [0.05, 0.1) is 6.04 Å². The molecule has 158 valence electrons. The van der Waals surface area contributed by atoms with Gasteiger partial charge >= 0.3 is 0 Å². The lowest BCUT2D eigenvalue weighted by Gasteiger charge is -2.50. The van der Waals surface area contributed by atoms with Crippen LogP contribution in [0.4, 0.5) is 0 Å². The van der Waals surface area contributed by atoms with Crippen molar-refractivity contribution in [3.05, 3.63) is 34.9 Å².